The molecule has 15 heteroatoms. The second-order valence-corrected chi connectivity index (χ2v) is 10.2. The maximum atomic E-state index is 12.9. The number of sulfonamides is 1. The van der Waals surface area contributed by atoms with Crippen LogP contribution in [0, 0.1) is 0 Å². The monoisotopic (exact) mass is 582 g/mol. The number of imidazole rings is 1. The molecule has 0 fully saturated rings. The van der Waals surface area contributed by atoms with Gasteiger partial charge in [-0.3, -0.25) is 9.29 Å². The number of benzene rings is 1. The molecule has 1 N–H and O–H groups in total. The number of halogens is 1. The maximum absolute atomic E-state index is 12.9. The first-order valence-electron chi connectivity index (χ1n) is 11.9. The molecule has 1 aromatic carbocycles. The first kappa shape index (κ1) is 27.0. The van der Waals surface area contributed by atoms with Crippen molar-refractivity contribution >= 4 is 38.7 Å². The lowest BCUT2D eigenvalue weighted by Gasteiger charge is -2.16. The van der Waals surface area contributed by atoms with E-state index in [1.165, 1.54) is 26.6 Å². The highest BCUT2D eigenvalue weighted by atomic mass is 35.5. The number of nitrogens with zero attached hydrogens (tertiary/aromatic N) is 7. The zero-order valence-electron chi connectivity index (χ0n) is 21.6. The fourth-order valence-corrected chi connectivity index (χ4v) is 5.12. The largest absolute Gasteiger partial charge is 0.494 e. The number of anilines is 1. The molecule has 13 nitrogen and oxygen atoms in total. The Labute approximate surface area is 234 Å². The molecule has 206 valence electrons. The molecule has 0 unspecified atom stereocenters. The zero-order chi connectivity index (χ0) is 28.3. The first-order valence-corrected chi connectivity index (χ1v) is 13.9. The van der Waals surface area contributed by atoms with E-state index >= 15 is 0 Å². The first-order chi connectivity index (χ1) is 19.3. The van der Waals surface area contributed by atoms with Crippen LogP contribution in [-0.4, -0.2) is 63.7 Å². The summed E-state index contributed by atoms with van der Waals surface area (Å²) in [6, 6.07) is 12.1. The second kappa shape index (κ2) is 11.3. The van der Waals surface area contributed by atoms with E-state index in [9.17, 15) is 8.42 Å². The molecule has 4 aromatic heterocycles. The second-order valence-electron chi connectivity index (χ2n) is 8.11. The van der Waals surface area contributed by atoms with Crippen molar-refractivity contribution in [1.29, 1.82) is 0 Å². The average Bonchev–Trinajstić information content (AvgIpc) is 3.30. The molecule has 4 heterocycles. The molecule has 0 atom stereocenters. The summed E-state index contributed by atoms with van der Waals surface area (Å²) in [4.78, 5) is 26.0. The van der Waals surface area contributed by atoms with Gasteiger partial charge in [-0.05, 0) is 31.2 Å². The fourth-order valence-electron chi connectivity index (χ4n) is 3.90. The van der Waals surface area contributed by atoms with E-state index < -0.39 is 15.8 Å². The molecule has 0 saturated carbocycles. The van der Waals surface area contributed by atoms with Gasteiger partial charge in [0.05, 0.1) is 20.8 Å². The molecule has 0 spiro atoms. The van der Waals surface area contributed by atoms with Crippen LogP contribution in [-0.2, 0) is 15.8 Å². The van der Waals surface area contributed by atoms with Crippen LogP contribution < -0.4 is 18.9 Å². The van der Waals surface area contributed by atoms with Gasteiger partial charge in [0.15, 0.2) is 28.1 Å². The highest BCUT2D eigenvalue weighted by Crippen LogP contribution is 2.38. The van der Waals surface area contributed by atoms with Crippen molar-refractivity contribution in [3.05, 3.63) is 65.8 Å². The average molecular weight is 583 g/mol. The van der Waals surface area contributed by atoms with E-state index in [-0.39, 0.29) is 28.1 Å². The Bertz CT molecular complexity index is 1760. The lowest BCUT2D eigenvalue weighted by molar-refractivity contribution is 0.327. The molecule has 40 heavy (non-hydrogen) atoms. The Hall–Kier alpha value is -4.56. The number of nitrogens with one attached hydrogen (secondary N) is 1. The quantitative estimate of drug-likeness (QED) is 0.256. The van der Waals surface area contributed by atoms with Gasteiger partial charge in [0.1, 0.15) is 34.5 Å². The number of rotatable bonds is 10. The molecule has 5 rings (SSSR count). The molecular weight excluding hydrogens is 560 g/mol. The van der Waals surface area contributed by atoms with Gasteiger partial charge in [0, 0.05) is 18.5 Å². The Morgan fingerprint density at radius 2 is 1.62 bits per heavy atom. The molecule has 0 amide bonds. The fraction of sp³-hybridized carbons (Fsp3) is 0.200. The van der Waals surface area contributed by atoms with Crippen molar-refractivity contribution in [2.24, 2.45) is 0 Å². The van der Waals surface area contributed by atoms with Crippen molar-refractivity contribution in [1.82, 2.24) is 34.5 Å². The van der Waals surface area contributed by atoms with Gasteiger partial charge < -0.3 is 14.2 Å². The third-order valence-electron chi connectivity index (χ3n) is 5.51. The maximum Gasteiger partial charge on any atom is 0.241 e. The normalized spacial score (nSPS) is 11.4. The number of aromatic nitrogens is 7. The minimum absolute atomic E-state index is 0.103. The molecule has 0 aliphatic carbocycles. The third kappa shape index (κ3) is 5.44. The lowest BCUT2D eigenvalue weighted by Crippen LogP contribution is -2.18. The van der Waals surface area contributed by atoms with E-state index in [0.29, 0.717) is 41.2 Å². The number of hydrogen-bond acceptors (Lipinski definition) is 11. The Balaban J connectivity index is 1.72. The summed E-state index contributed by atoms with van der Waals surface area (Å²) in [6.07, 6.45) is 2.90. The van der Waals surface area contributed by atoms with Crippen molar-refractivity contribution in [2.45, 2.75) is 12.7 Å². The molecule has 0 aliphatic heterocycles. The van der Waals surface area contributed by atoms with Crippen molar-refractivity contribution in [3.8, 4) is 34.6 Å². The lowest BCUT2D eigenvalue weighted by atomic mass is 10.2. The van der Waals surface area contributed by atoms with Crippen molar-refractivity contribution in [3.63, 3.8) is 0 Å². The topological polar surface area (TPSA) is 156 Å². The van der Waals surface area contributed by atoms with Gasteiger partial charge in [-0.1, -0.05) is 23.7 Å². The van der Waals surface area contributed by atoms with Crippen LogP contribution in [0.3, 0.4) is 0 Å². The summed E-state index contributed by atoms with van der Waals surface area (Å²) in [7, 11) is -0.984. The van der Waals surface area contributed by atoms with Crippen LogP contribution in [0.15, 0.2) is 54.9 Å². The Kier molecular flexibility index (Phi) is 7.62. The van der Waals surface area contributed by atoms with Crippen LogP contribution in [0.5, 0.6) is 17.4 Å². The van der Waals surface area contributed by atoms with Gasteiger partial charge in [-0.2, -0.15) is 0 Å². The number of methoxy groups -OCH3 is 2. The highest BCUT2D eigenvalue weighted by Gasteiger charge is 2.26. The summed E-state index contributed by atoms with van der Waals surface area (Å²) in [5.74, 6) is 0.966. The van der Waals surface area contributed by atoms with Gasteiger partial charge >= 0.3 is 0 Å². The van der Waals surface area contributed by atoms with Crippen LogP contribution in [0.1, 0.15) is 12.7 Å². The van der Waals surface area contributed by atoms with E-state index in [4.69, 9.17) is 25.8 Å². The van der Waals surface area contributed by atoms with E-state index in [2.05, 4.69) is 34.6 Å². The van der Waals surface area contributed by atoms with Gasteiger partial charge in [-0.25, -0.2) is 38.3 Å². The Morgan fingerprint density at radius 3 is 2.30 bits per heavy atom. The molecule has 0 aliphatic rings. The van der Waals surface area contributed by atoms with E-state index in [1.54, 1.807) is 47.0 Å². The van der Waals surface area contributed by atoms with Crippen molar-refractivity contribution in [2.75, 3.05) is 25.5 Å². The summed E-state index contributed by atoms with van der Waals surface area (Å²) >= 11 is 6.38. The Morgan fingerprint density at radius 1 is 0.925 bits per heavy atom. The van der Waals surface area contributed by atoms with Gasteiger partial charge in [0.25, 0.3) is 0 Å². The number of ether oxygens (including phenoxy) is 3. The minimum Gasteiger partial charge on any atom is -0.494 e. The molecule has 0 radical (unpaired) electrons. The molecule has 5 aromatic rings. The number of para-hydroxylation sites is 1. The van der Waals surface area contributed by atoms with Crippen molar-refractivity contribution < 1.29 is 22.6 Å². The summed E-state index contributed by atoms with van der Waals surface area (Å²) in [5.41, 5.74) is 1.17. The van der Waals surface area contributed by atoms with Gasteiger partial charge in [-0.15, -0.1) is 0 Å². The predicted octanol–water partition coefficient (Wildman–Crippen LogP) is 3.68. The number of fused-ring (bicyclic) bond motifs is 1. The van der Waals surface area contributed by atoms with E-state index in [1.807, 2.05) is 6.92 Å². The summed E-state index contributed by atoms with van der Waals surface area (Å²) in [5, 5.41) is -0.204. The van der Waals surface area contributed by atoms with Crippen LogP contribution in [0.2, 0.25) is 5.15 Å². The van der Waals surface area contributed by atoms with Crippen LogP contribution in [0.25, 0.3) is 28.5 Å². The van der Waals surface area contributed by atoms with Crippen LogP contribution >= 0.6 is 11.6 Å². The minimum atomic E-state index is -4.01. The summed E-state index contributed by atoms with van der Waals surface area (Å²) < 4.78 is 46.7. The SMILES string of the molecule is CCOc1cccc(-c2nc3nc(Cl)c(NS(=O)(=O)Cc4ncccn4)nc3n2-c2c(OC)cccc2OC)n1. The van der Waals surface area contributed by atoms with Gasteiger partial charge in [0.2, 0.25) is 15.9 Å². The van der Waals surface area contributed by atoms with E-state index in [0.717, 1.165) is 0 Å². The predicted molar refractivity (Wildman–Crippen MR) is 147 cm³/mol. The molecule has 0 bridgehead atoms. The summed E-state index contributed by atoms with van der Waals surface area (Å²) in [6.45, 7) is 2.27. The zero-order valence-corrected chi connectivity index (χ0v) is 23.1. The standard InChI is InChI=1S/C25H23ClN8O5S/c1-4-39-19-11-5-8-15(29-19)24-32-23-25(34(24)20-16(37-2)9-6-10-17(20)38-3)31-22(21(26)30-23)33-40(35,36)14-18-27-12-7-13-28-18/h5-13H,4,14H2,1-3H3,(H,31,33). The molecular formula is C25H23ClN8O5S. The van der Waals surface area contributed by atoms with Crippen LogP contribution in [0.4, 0.5) is 5.82 Å². The third-order valence-corrected chi connectivity index (χ3v) is 6.92. The number of pyridine rings is 1. The molecule has 0 saturated heterocycles. The smallest absolute Gasteiger partial charge is 0.241 e. The highest BCUT2D eigenvalue weighted by molar-refractivity contribution is 7.91. The number of hydrogen-bond donors (Lipinski definition) is 1.